The molecular weight excluding hydrogens is 260 g/mol. The van der Waals surface area contributed by atoms with Crippen LogP contribution >= 0.6 is 12.4 Å². The molecular formula is C15H25ClN2O. The smallest absolute Gasteiger partial charge is 0.182 e. The molecule has 0 bridgehead atoms. The van der Waals surface area contributed by atoms with Crippen molar-refractivity contribution in [2.45, 2.75) is 27.7 Å². The van der Waals surface area contributed by atoms with Gasteiger partial charge < -0.3 is 5.21 Å². The number of hydrogen-bond donors (Lipinski definition) is 0. The standard InChI is InChI=1S/C15H24N2O.ClH/c1-5-16(6-2)10-11-17(18)12-15-13(3)8-7-9-14(15)4;/h7-9,12H,5-6,10-11H2,1-4H3;1H. The van der Waals surface area contributed by atoms with E-state index in [9.17, 15) is 5.21 Å². The Balaban J connectivity index is 0.00000324. The minimum atomic E-state index is 0. The van der Waals surface area contributed by atoms with Gasteiger partial charge in [-0.2, -0.15) is 0 Å². The molecule has 0 aliphatic rings. The van der Waals surface area contributed by atoms with Crippen LogP contribution in [0.5, 0.6) is 0 Å². The highest BCUT2D eigenvalue weighted by atomic mass is 35.5. The number of halogens is 1. The summed E-state index contributed by atoms with van der Waals surface area (Å²) in [7, 11) is 0. The molecule has 0 N–H and O–H groups in total. The molecule has 0 unspecified atom stereocenters. The summed E-state index contributed by atoms with van der Waals surface area (Å²) in [5, 5.41) is 11.9. The highest BCUT2D eigenvalue weighted by Crippen LogP contribution is 2.10. The highest BCUT2D eigenvalue weighted by molar-refractivity contribution is 5.85. The maximum absolute atomic E-state index is 11.9. The van der Waals surface area contributed by atoms with Gasteiger partial charge in [0, 0.05) is 5.56 Å². The summed E-state index contributed by atoms with van der Waals surface area (Å²) in [5.41, 5.74) is 3.35. The predicted octanol–water partition coefficient (Wildman–Crippen LogP) is 3.00. The first-order chi connectivity index (χ1) is 8.58. The maximum Gasteiger partial charge on any atom is 0.182 e. The number of hydrogen-bond acceptors (Lipinski definition) is 2. The Bertz CT molecular complexity index is 394. The molecule has 1 rings (SSSR count). The summed E-state index contributed by atoms with van der Waals surface area (Å²) in [6, 6.07) is 6.10. The van der Waals surface area contributed by atoms with Crippen LogP contribution in [0.1, 0.15) is 30.5 Å². The molecule has 0 saturated heterocycles. The van der Waals surface area contributed by atoms with Gasteiger partial charge in [0.05, 0.1) is 6.54 Å². The fourth-order valence-corrected chi connectivity index (χ4v) is 2.02. The first-order valence-electron chi connectivity index (χ1n) is 6.65. The van der Waals surface area contributed by atoms with Crippen LogP contribution in [0.4, 0.5) is 0 Å². The predicted molar refractivity (Wildman–Crippen MR) is 84.6 cm³/mol. The van der Waals surface area contributed by atoms with Crippen molar-refractivity contribution in [3.8, 4) is 0 Å². The number of benzene rings is 1. The third-order valence-electron chi connectivity index (χ3n) is 3.35. The lowest BCUT2D eigenvalue weighted by molar-refractivity contribution is -0.452. The van der Waals surface area contributed by atoms with E-state index in [1.54, 1.807) is 6.21 Å². The minimum Gasteiger partial charge on any atom is -0.624 e. The molecule has 3 nitrogen and oxygen atoms in total. The van der Waals surface area contributed by atoms with E-state index in [1.165, 1.54) is 0 Å². The lowest BCUT2D eigenvalue weighted by Gasteiger charge is -2.17. The summed E-state index contributed by atoms with van der Waals surface area (Å²) in [6.45, 7) is 11.6. The van der Waals surface area contributed by atoms with Gasteiger partial charge in [-0.3, -0.25) is 4.90 Å². The summed E-state index contributed by atoms with van der Waals surface area (Å²) in [4.78, 5) is 2.25. The SMILES string of the molecule is CCN(CC)CC[N+]([O-])=Cc1c(C)cccc1C.Cl. The Morgan fingerprint density at radius 2 is 1.68 bits per heavy atom. The van der Waals surface area contributed by atoms with Crippen LogP contribution in [0, 0.1) is 19.1 Å². The van der Waals surface area contributed by atoms with E-state index in [4.69, 9.17) is 0 Å². The summed E-state index contributed by atoms with van der Waals surface area (Å²) in [6.07, 6.45) is 1.72. The Hall–Kier alpha value is -1.06. The van der Waals surface area contributed by atoms with Gasteiger partial charge in [-0.1, -0.05) is 32.0 Å². The molecule has 0 atom stereocenters. The average Bonchev–Trinajstić information content (AvgIpc) is 2.35. The second-order valence-corrected chi connectivity index (χ2v) is 4.60. The van der Waals surface area contributed by atoms with Gasteiger partial charge in [-0.05, 0) is 38.1 Å². The van der Waals surface area contributed by atoms with Crippen molar-refractivity contribution < 1.29 is 4.74 Å². The maximum atomic E-state index is 11.9. The normalized spacial score (nSPS) is 11.5. The Kier molecular flexibility index (Phi) is 8.44. The number of hydroxylamine groups is 1. The van der Waals surface area contributed by atoms with Crippen LogP contribution < -0.4 is 0 Å². The van der Waals surface area contributed by atoms with E-state index in [1.807, 2.05) is 32.0 Å². The third kappa shape index (κ3) is 5.62. The van der Waals surface area contributed by atoms with Crippen LogP contribution in [0.2, 0.25) is 0 Å². The lowest BCUT2D eigenvalue weighted by atomic mass is 10.0. The van der Waals surface area contributed by atoms with E-state index in [-0.39, 0.29) is 12.4 Å². The van der Waals surface area contributed by atoms with E-state index in [0.29, 0.717) is 6.54 Å². The molecule has 108 valence electrons. The molecule has 0 radical (unpaired) electrons. The van der Waals surface area contributed by atoms with Crippen molar-refractivity contribution in [1.29, 1.82) is 0 Å². The quantitative estimate of drug-likeness (QED) is 0.348. The zero-order valence-electron chi connectivity index (χ0n) is 12.3. The van der Waals surface area contributed by atoms with Gasteiger partial charge in [0.15, 0.2) is 12.8 Å². The monoisotopic (exact) mass is 284 g/mol. The highest BCUT2D eigenvalue weighted by Gasteiger charge is 2.05. The lowest BCUT2D eigenvalue weighted by Crippen LogP contribution is -2.29. The molecule has 0 aromatic heterocycles. The summed E-state index contributed by atoms with van der Waals surface area (Å²) < 4.78 is 1.05. The summed E-state index contributed by atoms with van der Waals surface area (Å²) >= 11 is 0. The van der Waals surface area contributed by atoms with Crippen LogP contribution in [-0.2, 0) is 0 Å². The molecule has 1 aromatic rings. The topological polar surface area (TPSA) is 29.3 Å². The number of aryl methyl sites for hydroxylation is 2. The molecule has 0 saturated carbocycles. The molecule has 0 heterocycles. The zero-order chi connectivity index (χ0) is 13.5. The fraction of sp³-hybridized carbons (Fsp3) is 0.533. The van der Waals surface area contributed by atoms with E-state index >= 15 is 0 Å². The van der Waals surface area contributed by atoms with Gasteiger partial charge in [0.25, 0.3) is 0 Å². The van der Waals surface area contributed by atoms with Crippen molar-refractivity contribution in [2.24, 2.45) is 0 Å². The van der Waals surface area contributed by atoms with Crippen molar-refractivity contribution in [3.63, 3.8) is 0 Å². The van der Waals surface area contributed by atoms with E-state index < -0.39 is 0 Å². The van der Waals surface area contributed by atoms with E-state index in [2.05, 4.69) is 18.7 Å². The molecule has 0 aliphatic heterocycles. The molecule has 19 heavy (non-hydrogen) atoms. The van der Waals surface area contributed by atoms with Gasteiger partial charge in [-0.15, -0.1) is 12.4 Å². The molecule has 0 fully saturated rings. The van der Waals surface area contributed by atoms with Gasteiger partial charge in [-0.25, -0.2) is 4.74 Å². The van der Waals surface area contributed by atoms with Crippen LogP contribution in [0.25, 0.3) is 0 Å². The van der Waals surface area contributed by atoms with Gasteiger partial charge in [0.2, 0.25) is 0 Å². The van der Waals surface area contributed by atoms with Crippen molar-refractivity contribution >= 4 is 18.6 Å². The fourth-order valence-electron chi connectivity index (χ4n) is 2.02. The van der Waals surface area contributed by atoms with Crippen molar-refractivity contribution in [3.05, 3.63) is 40.1 Å². The largest absolute Gasteiger partial charge is 0.624 e. The Morgan fingerprint density at radius 1 is 1.16 bits per heavy atom. The Labute approximate surface area is 122 Å². The summed E-state index contributed by atoms with van der Waals surface area (Å²) in [5.74, 6) is 0. The molecule has 0 spiro atoms. The van der Waals surface area contributed by atoms with Crippen LogP contribution in [0.15, 0.2) is 18.2 Å². The van der Waals surface area contributed by atoms with Crippen molar-refractivity contribution in [2.75, 3.05) is 26.2 Å². The van der Waals surface area contributed by atoms with Crippen LogP contribution in [0.3, 0.4) is 0 Å². The number of nitrogens with zero attached hydrogens (tertiary/aromatic N) is 2. The third-order valence-corrected chi connectivity index (χ3v) is 3.35. The second-order valence-electron chi connectivity index (χ2n) is 4.60. The van der Waals surface area contributed by atoms with Gasteiger partial charge in [0.1, 0.15) is 0 Å². The molecule has 1 aromatic carbocycles. The number of rotatable bonds is 6. The first kappa shape index (κ1) is 17.9. The molecule has 0 amide bonds. The zero-order valence-corrected chi connectivity index (χ0v) is 13.2. The molecule has 4 heteroatoms. The minimum absolute atomic E-state index is 0. The average molecular weight is 285 g/mol. The first-order valence-corrected chi connectivity index (χ1v) is 6.65. The van der Waals surface area contributed by atoms with E-state index in [0.717, 1.165) is 41.1 Å². The number of likely N-dealkylation sites (N-methyl/N-ethyl adjacent to an activating group) is 1. The molecule has 0 aliphatic carbocycles. The second kappa shape index (κ2) is 8.94. The van der Waals surface area contributed by atoms with Crippen molar-refractivity contribution in [1.82, 2.24) is 4.90 Å². The van der Waals surface area contributed by atoms with Gasteiger partial charge >= 0.3 is 0 Å². The van der Waals surface area contributed by atoms with Crippen LogP contribution in [-0.4, -0.2) is 42.0 Å². The Morgan fingerprint density at radius 3 is 2.16 bits per heavy atom.